The largest absolute Gasteiger partial charge is 0.310 e. The Balaban J connectivity index is 1.08. The number of thiophene rings is 1. The van der Waals surface area contributed by atoms with Crippen LogP contribution in [0.25, 0.3) is 64.7 Å². The van der Waals surface area contributed by atoms with Crippen molar-refractivity contribution in [2.75, 3.05) is 4.90 Å². The first-order chi connectivity index (χ1) is 29.9. The molecular weight excluding hydrogens is 755 g/mol. The average molecular weight is 798 g/mol. The van der Waals surface area contributed by atoms with Crippen molar-refractivity contribution in [3.05, 3.63) is 234 Å². The molecule has 0 amide bonds. The number of hydrogen-bond acceptors (Lipinski definition) is 2. The molecule has 2 aliphatic carbocycles. The van der Waals surface area contributed by atoms with E-state index in [2.05, 4.69) is 232 Å². The molecule has 0 N–H and O–H groups in total. The minimum absolute atomic E-state index is 0.121. The molecule has 2 heteroatoms. The summed E-state index contributed by atoms with van der Waals surface area (Å²) in [7, 11) is 0. The van der Waals surface area contributed by atoms with Crippen LogP contribution < -0.4 is 4.90 Å². The Hall–Kier alpha value is -7.00. The molecule has 12 rings (SSSR count). The fraction of sp³-hybridized carbons (Fsp3) is 0.0847. The molecule has 0 fully saturated rings. The molecular formula is C59H43NS. The summed E-state index contributed by atoms with van der Waals surface area (Å²) in [5.41, 5.74) is 19.9. The molecule has 0 saturated heterocycles. The van der Waals surface area contributed by atoms with Gasteiger partial charge < -0.3 is 4.90 Å². The van der Waals surface area contributed by atoms with Crippen LogP contribution in [0.1, 0.15) is 48.6 Å². The van der Waals surface area contributed by atoms with E-state index >= 15 is 0 Å². The van der Waals surface area contributed by atoms with E-state index in [0.717, 1.165) is 17.1 Å². The highest BCUT2D eigenvalue weighted by Gasteiger charge is 2.43. The topological polar surface area (TPSA) is 3.24 Å². The number of anilines is 3. The van der Waals surface area contributed by atoms with Gasteiger partial charge in [0.1, 0.15) is 0 Å². The van der Waals surface area contributed by atoms with Crippen LogP contribution in [0.5, 0.6) is 0 Å². The normalized spacial score (nSPS) is 15.7. The first kappa shape index (κ1) is 35.9. The molecule has 1 aromatic heterocycles. The highest BCUT2D eigenvalue weighted by Crippen LogP contribution is 2.58. The molecule has 1 unspecified atom stereocenters. The van der Waals surface area contributed by atoms with Crippen molar-refractivity contribution in [3.8, 4) is 44.5 Å². The van der Waals surface area contributed by atoms with E-state index in [4.69, 9.17) is 0 Å². The maximum Gasteiger partial charge on any atom is 0.0465 e. The molecule has 0 spiro atoms. The third-order valence-corrected chi connectivity index (χ3v) is 15.0. The fourth-order valence-corrected chi connectivity index (χ4v) is 11.9. The molecule has 1 heterocycles. The molecule has 0 bridgehead atoms. The van der Waals surface area contributed by atoms with Crippen molar-refractivity contribution >= 4 is 48.6 Å². The second-order valence-corrected chi connectivity index (χ2v) is 18.4. The Morgan fingerprint density at radius 1 is 0.377 bits per heavy atom. The Morgan fingerprint density at radius 3 is 1.74 bits per heavy atom. The van der Waals surface area contributed by atoms with Gasteiger partial charge >= 0.3 is 0 Å². The summed E-state index contributed by atoms with van der Waals surface area (Å²) in [5, 5.41) is 2.65. The highest BCUT2D eigenvalue weighted by molar-refractivity contribution is 7.26. The maximum atomic E-state index is 2.49. The summed E-state index contributed by atoms with van der Waals surface area (Å²) < 4.78 is 2.67. The number of hydrogen-bond donors (Lipinski definition) is 0. The zero-order valence-corrected chi connectivity index (χ0v) is 35.3. The monoisotopic (exact) mass is 797 g/mol. The molecule has 0 radical (unpaired) electrons. The van der Waals surface area contributed by atoms with Gasteiger partial charge in [0.2, 0.25) is 0 Å². The lowest BCUT2D eigenvalue weighted by Gasteiger charge is -2.31. The van der Waals surface area contributed by atoms with Gasteiger partial charge in [0.25, 0.3) is 0 Å². The molecule has 9 aromatic carbocycles. The Labute approximate surface area is 361 Å². The predicted molar refractivity (Wildman–Crippen MR) is 260 cm³/mol. The summed E-state index contributed by atoms with van der Waals surface area (Å²) in [4.78, 5) is 2.47. The van der Waals surface area contributed by atoms with E-state index in [0.29, 0.717) is 0 Å². The van der Waals surface area contributed by atoms with E-state index in [1.54, 1.807) is 0 Å². The van der Waals surface area contributed by atoms with Crippen LogP contribution >= 0.6 is 11.3 Å². The minimum Gasteiger partial charge on any atom is -0.310 e. The summed E-state index contributed by atoms with van der Waals surface area (Å²) in [6, 6.07) is 76.9. The second-order valence-electron chi connectivity index (χ2n) is 17.4. The van der Waals surface area contributed by atoms with E-state index in [9.17, 15) is 0 Å². The third kappa shape index (κ3) is 5.32. The maximum absolute atomic E-state index is 2.49. The Kier molecular flexibility index (Phi) is 7.95. The van der Waals surface area contributed by atoms with E-state index in [-0.39, 0.29) is 5.41 Å². The predicted octanol–water partition coefficient (Wildman–Crippen LogP) is 16.5. The molecule has 1 nitrogen and oxygen atoms in total. The van der Waals surface area contributed by atoms with Crippen LogP contribution in [0.3, 0.4) is 0 Å². The van der Waals surface area contributed by atoms with Crippen molar-refractivity contribution in [3.63, 3.8) is 0 Å². The van der Waals surface area contributed by atoms with Gasteiger partial charge in [-0.1, -0.05) is 178 Å². The summed E-state index contributed by atoms with van der Waals surface area (Å²) in [6.45, 7) is 7.18. The van der Waals surface area contributed by atoms with E-state index in [1.165, 1.54) is 92.5 Å². The fourth-order valence-electron chi connectivity index (χ4n) is 10.7. The summed E-state index contributed by atoms with van der Waals surface area (Å²) in [6.07, 6.45) is 0. The van der Waals surface area contributed by atoms with Gasteiger partial charge in [0, 0.05) is 53.6 Å². The summed E-state index contributed by atoms with van der Waals surface area (Å²) in [5.74, 6) is 0. The van der Waals surface area contributed by atoms with Gasteiger partial charge in [0.05, 0.1) is 0 Å². The van der Waals surface area contributed by atoms with Gasteiger partial charge in [-0.25, -0.2) is 0 Å². The van der Waals surface area contributed by atoms with Crippen molar-refractivity contribution < 1.29 is 0 Å². The standard InChI is InChI=1S/C59H43NS/c1-58(2)51-25-12-10-20-44(51)45-34-32-42(36-53(45)58)60(41-30-28-39(29-31-41)38-16-6-4-7-17-38)43-33-35-50-54(37-43)59(3,40-18-8-5-9-19-40)52-26-15-22-47(56(50)52)49-24-14-23-48-46-21-11-13-27-55(46)61-57(48)49/h4-37H,1-3H3. The van der Waals surface area contributed by atoms with Crippen LogP contribution in [-0.2, 0) is 10.8 Å². The van der Waals surface area contributed by atoms with Crippen molar-refractivity contribution in [2.45, 2.75) is 31.6 Å². The zero-order chi connectivity index (χ0) is 40.9. The highest BCUT2D eigenvalue weighted by atomic mass is 32.1. The van der Waals surface area contributed by atoms with Crippen molar-refractivity contribution in [1.29, 1.82) is 0 Å². The lowest BCUT2D eigenvalue weighted by molar-refractivity contribution is 0.660. The molecule has 290 valence electrons. The zero-order valence-electron chi connectivity index (χ0n) is 34.5. The van der Waals surface area contributed by atoms with Crippen LogP contribution in [0, 0.1) is 0 Å². The number of benzene rings is 9. The smallest absolute Gasteiger partial charge is 0.0465 e. The van der Waals surface area contributed by atoms with Crippen LogP contribution in [0.15, 0.2) is 206 Å². The number of rotatable bonds is 6. The third-order valence-electron chi connectivity index (χ3n) is 13.8. The number of nitrogens with zero attached hydrogens (tertiary/aromatic N) is 1. The quantitative estimate of drug-likeness (QED) is 0.162. The molecule has 1 atom stereocenters. The lowest BCUT2D eigenvalue weighted by atomic mass is 9.74. The Morgan fingerprint density at radius 2 is 0.934 bits per heavy atom. The van der Waals surface area contributed by atoms with E-state index in [1.807, 2.05) is 11.3 Å². The van der Waals surface area contributed by atoms with Crippen LogP contribution in [0.2, 0.25) is 0 Å². The van der Waals surface area contributed by atoms with Crippen molar-refractivity contribution in [1.82, 2.24) is 0 Å². The van der Waals surface area contributed by atoms with Gasteiger partial charge in [-0.05, 0) is 116 Å². The molecule has 61 heavy (non-hydrogen) atoms. The molecule has 0 aliphatic heterocycles. The van der Waals surface area contributed by atoms with Crippen molar-refractivity contribution in [2.24, 2.45) is 0 Å². The van der Waals surface area contributed by atoms with Gasteiger partial charge in [-0.15, -0.1) is 11.3 Å². The Bertz CT molecular complexity index is 3340. The van der Waals surface area contributed by atoms with Crippen LogP contribution in [0.4, 0.5) is 17.1 Å². The summed E-state index contributed by atoms with van der Waals surface area (Å²) >= 11 is 1.90. The van der Waals surface area contributed by atoms with E-state index < -0.39 is 5.41 Å². The molecule has 0 saturated carbocycles. The molecule has 2 aliphatic rings. The second kappa shape index (κ2) is 13.5. The number of fused-ring (bicyclic) bond motifs is 9. The van der Waals surface area contributed by atoms with Gasteiger partial charge in [0.15, 0.2) is 0 Å². The first-order valence-corrected chi connectivity index (χ1v) is 22.2. The van der Waals surface area contributed by atoms with Gasteiger partial charge in [-0.3, -0.25) is 0 Å². The lowest BCUT2D eigenvalue weighted by Crippen LogP contribution is -2.23. The van der Waals surface area contributed by atoms with Crippen LogP contribution in [-0.4, -0.2) is 0 Å². The van der Waals surface area contributed by atoms with Gasteiger partial charge in [-0.2, -0.15) is 0 Å². The first-order valence-electron chi connectivity index (χ1n) is 21.3. The minimum atomic E-state index is -0.392. The SMILES string of the molecule is CC1(C)c2ccccc2-c2ccc(N(c3ccc(-c4ccccc4)cc3)c3ccc4c(c3)C(C)(c3ccccc3)c3cccc(-c5cccc6c5sc5ccccc56)c3-4)cc21. The average Bonchev–Trinajstić information content (AvgIpc) is 3.91. The molecule has 10 aromatic rings.